The number of nitrogens with two attached hydrogens (primary N) is 1. The third kappa shape index (κ3) is 0.818. The second-order valence-electron chi connectivity index (χ2n) is 3.44. The summed E-state index contributed by atoms with van der Waals surface area (Å²) in [7, 11) is 0. The molecule has 1 saturated heterocycles. The van der Waals surface area contributed by atoms with Crippen LogP contribution in [-0.2, 0) is 9.59 Å². The van der Waals surface area contributed by atoms with Crippen molar-refractivity contribution in [2.75, 3.05) is 0 Å². The molecule has 0 aromatic heterocycles. The van der Waals surface area contributed by atoms with Crippen LogP contribution in [0.4, 0.5) is 0 Å². The van der Waals surface area contributed by atoms with Crippen LogP contribution >= 0.6 is 0 Å². The van der Waals surface area contributed by atoms with Gasteiger partial charge in [-0.2, -0.15) is 0 Å². The van der Waals surface area contributed by atoms with Crippen molar-refractivity contribution in [3.63, 3.8) is 0 Å². The van der Waals surface area contributed by atoms with Gasteiger partial charge in [0.15, 0.2) is 0 Å². The highest BCUT2D eigenvalue weighted by Crippen LogP contribution is 2.54. The van der Waals surface area contributed by atoms with E-state index in [4.69, 9.17) is 5.73 Å². The van der Waals surface area contributed by atoms with Crippen molar-refractivity contribution >= 4 is 11.8 Å². The molecule has 60 valence electrons. The molecule has 11 heavy (non-hydrogen) atoms. The maximum Gasteiger partial charge on any atom is 0.240 e. The molecule has 3 N–H and O–H groups in total. The molecule has 1 heterocycles. The van der Waals surface area contributed by atoms with E-state index < -0.39 is 11.9 Å². The fourth-order valence-electron chi connectivity index (χ4n) is 1.79. The Balaban J connectivity index is 2.21. The van der Waals surface area contributed by atoms with Crippen molar-refractivity contribution < 1.29 is 9.59 Å². The van der Waals surface area contributed by atoms with E-state index in [1.165, 1.54) is 0 Å². The maximum atomic E-state index is 10.9. The molecule has 1 aliphatic heterocycles. The molecule has 0 bridgehead atoms. The first kappa shape index (κ1) is 6.64. The van der Waals surface area contributed by atoms with E-state index in [-0.39, 0.29) is 11.3 Å². The molecule has 2 amide bonds. The Labute approximate surface area is 64.1 Å². The number of nitrogens with one attached hydrogen (secondary N) is 1. The van der Waals surface area contributed by atoms with Crippen molar-refractivity contribution in [1.29, 1.82) is 0 Å². The average molecular weight is 154 g/mol. The third-order valence-corrected chi connectivity index (χ3v) is 2.61. The molecule has 1 atom stereocenters. The van der Waals surface area contributed by atoms with Crippen LogP contribution in [0.1, 0.15) is 19.3 Å². The minimum Gasteiger partial charge on any atom is -0.368 e. The lowest BCUT2D eigenvalue weighted by Gasteiger charge is -2.11. The number of rotatable bonds is 1. The fourth-order valence-corrected chi connectivity index (χ4v) is 1.79. The number of amides is 2. The van der Waals surface area contributed by atoms with Crippen molar-refractivity contribution in [2.45, 2.75) is 25.3 Å². The van der Waals surface area contributed by atoms with Gasteiger partial charge in [0.2, 0.25) is 11.8 Å². The zero-order valence-electron chi connectivity index (χ0n) is 6.09. The lowest BCUT2D eigenvalue weighted by atomic mass is 9.97. The summed E-state index contributed by atoms with van der Waals surface area (Å²) in [5.41, 5.74) is 5.04. The Morgan fingerprint density at radius 2 is 2.27 bits per heavy atom. The van der Waals surface area contributed by atoms with E-state index in [1.54, 1.807) is 0 Å². The minimum atomic E-state index is -0.395. The SMILES string of the molecule is NC(=O)C1NC(=O)CC12CC2. The van der Waals surface area contributed by atoms with E-state index >= 15 is 0 Å². The largest absolute Gasteiger partial charge is 0.368 e. The summed E-state index contributed by atoms with van der Waals surface area (Å²) >= 11 is 0. The number of hydrogen-bond acceptors (Lipinski definition) is 2. The first-order valence-corrected chi connectivity index (χ1v) is 3.73. The van der Waals surface area contributed by atoms with E-state index in [0.717, 1.165) is 12.8 Å². The van der Waals surface area contributed by atoms with Gasteiger partial charge in [0.25, 0.3) is 0 Å². The van der Waals surface area contributed by atoms with Crippen LogP contribution in [0.2, 0.25) is 0 Å². The fraction of sp³-hybridized carbons (Fsp3) is 0.714. The highest BCUT2D eigenvalue weighted by Gasteiger charge is 2.57. The van der Waals surface area contributed by atoms with Gasteiger partial charge in [-0.3, -0.25) is 9.59 Å². The minimum absolute atomic E-state index is 0.0358. The molecular formula is C7H10N2O2. The summed E-state index contributed by atoms with van der Waals surface area (Å²) in [6.07, 6.45) is 2.40. The molecule has 1 aliphatic carbocycles. The zero-order chi connectivity index (χ0) is 8.06. The number of carbonyl (C=O) groups excluding carboxylic acids is 2. The molecule has 1 unspecified atom stereocenters. The average Bonchev–Trinajstić information content (AvgIpc) is 2.54. The lowest BCUT2D eigenvalue weighted by molar-refractivity contribution is -0.124. The third-order valence-electron chi connectivity index (χ3n) is 2.61. The van der Waals surface area contributed by atoms with Gasteiger partial charge in [-0.15, -0.1) is 0 Å². The molecule has 1 spiro atoms. The normalized spacial score (nSPS) is 32.0. The predicted molar refractivity (Wildman–Crippen MR) is 37.4 cm³/mol. The molecular weight excluding hydrogens is 144 g/mol. The summed E-state index contributed by atoms with van der Waals surface area (Å²) in [4.78, 5) is 21.7. The van der Waals surface area contributed by atoms with Crippen LogP contribution in [0.5, 0.6) is 0 Å². The molecule has 2 aliphatic rings. The van der Waals surface area contributed by atoms with Crippen molar-refractivity contribution in [1.82, 2.24) is 5.32 Å². The second-order valence-corrected chi connectivity index (χ2v) is 3.44. The number of primary amides is 1. The van der Waals surface area contributed by atoms with Gasteiger partial charge in [0.05, 0.1) is 0 Å². The van der Waals surface area contributed by atoms with Crippen LogP contribution in [0.25, 0.3) is 0 Å². The molecule has 4 heteroatoms. The zero-order valence-corrected chi connectivity index (χ0v) is 6.09. The van der Waals surface area contributed by atoms with Gasteiger partial charge in [0, 0.05) is 11.8 Å². The Morgan fingerprint density at radius 3 is 2.64 bits per heavy atom. The van der Waals surface area contributed by atoms with Crippen LogP contribution in [-0.4, -0.2) is 17.9 Å². The van der Waals surface area contributed by atoms with Crippen LogP contribution in [0, 0.1) is 5.41 Å². The van der Waals surface area contributed by atoms with Gasteiger partial charge < -0.3 is 11.1 Å². The molecule has 1 saturated carbocycles. The first-order chi connectivity index (χ1) is 5.14. The Morgan fingerprint density at radius 1 is 1.64 bits per heavy atom. The molecule has 0 radical (unpaired) electrons. The van der Waals surface area contributed by atoms with Crippen molar-refractivity contribution in [3.8, 4) is 0 Å². The molecule has 4 nitrogen and oxygen atoms in total. The lowest BCUT2D eigenvalue weighted by Crippen LogP contribution is -2.42. The predicted octanol–water partition coefficient (Wildman–Crippen LogP) is -0.860. The Kier molecular flexibility index (Phi) is 1.06. The topological polar surface area (TPSA) is 72.2 Å². The van der Waals surface area contributed by atoms with E-state index in [9.17, 15) is 9.59 Å². The highest BCUT2D eigenvalue weighted by atomic mass is 16.2. The number of hydrogen-bond donors (Lipinski definition) is 2. The standard InChI is InChI=1S/C7H10N2O2/c8-6(11)5-7(1-2-7)3-4(10)9-5/h5H,1-3H2,(H2,8,11)(H,9,10). The Hall–Kier alpha value is -1.06. The van der Waals surface area contributed by atoms with Gasteiger partial charge in [0.1, 0.15) is 6.04 Å². The van der Waals surface area contributed by atoms with Gasteiger partial charge >= 0.3 is 0 Å². The molecule has 2 fully saturated rings. The van der Waals surface area contributed by atoms with Gasteiger partial charge in [-0.1, -0.05) is 0 Å². The summed E-state index contributed by atoms with van der Waals surface area (Å²) in [6, 6.07) is -0.394. The smallest absolute Gasteiger partial charge is 0.240 e. The summed E-state index contributed by atoms with van der Waals surface area (Å²) in [6.45, 7) is 0. The Bertz CT molecular complexity index is 233. The van der Waals surface area contributed by atoms with Crippen molar-refractivity contribution in [3.05, 3.63) is 0 Å². The van der Waals surface area contributed by atoms with E-state index in [1.807, 2.05) is 0 Å². The maximum absolute atomic E-state index is 10.9. The van der Waals surface area contributed by atoms with Crippen LogP contribution in [0.3, 0.4) is 0 Å². The summed E-state index contributed by atoms with van der Waals surface area (Å²) < 4.78 is 0. The molecule has 0 aromatic rings. The van der Waals surface area contributed by atoms with E-state index in [0.29, 0.717) is 6.42 Å². The van der Waals surface area contributed by atoms with Crippen molar-refractivity contribution in [2.24, 2.45) is 11.1 Å². The summed E-state index contributed by atoms with van der Waals surface area (Å²) in [5, 5.41) is 2.59. The summed E-state index contributed by atoms with van der Waals surface area (Å²) in [5.74, 6) is -0.431. The highest BCUT2D eigenvalue weighted by molar-refractivity contribution is 5.92. The first-order valence-electron chi connectivity index (χ1n) is 3.73. The molecule has 2 rings (SSSR count). The quantitative estimate of drug-likeness (QED) is 0.516. The molecule has 0 aromatic carbocycles. The number of carbonyl (C=O) groups is 2. The van der Waals surface area contributed by atoms with Gasteiger partial charge in [-0.25, -0.2) is 0 Å². The van der Waals surface area contributed by atoms with E-state index in [2.05, 4.69) is 5.32 Å². The van der Waals surface area contributed by atoms with Crippen LogP contribution < -0.4 is 11.1 Å². The second kappa shape index (κ2) is 1.75. The monoisotopic (exact) mass is 154 g/mol. The van der Waals surface area contributed by atoms with Gasteiger partial charge in [-0.05, 0) is 12.8 Å². The van der Waals surface area contributed by atoms with Crippen LogP contribution in [0.15, 0.2) is 0 Å².